The lowest BCUT2D eigenvalue weighted by Crippen LogP contribution is -2.17. The molecule has 1 aromatic heterocycles. The third kappa shape index (κ3) is 3.81. The van der Waals surface area contributed by atoms with Crippen molar-refractivity contribution in [3.8, 4) is 5.75 Å². The van der Waals surface area contributed by atoms with Gasteiger partial charge in [0, 0.05) is 6.04 Å². The molecule has 1 heterocycles. The van der Waals surface area contributed by atoms with Gasteiger partial charge in [-0.05, 0) is 46.5 Å². The van der Waals surface area contributed by atoms with Gasteiger partial charge in [-0.3, -0.25) is 0 Å². The van der Waals surface area contributed by atoms with Gasteiger partial charge in [-0.25, -0.2) is 4.79 Å². The first kappa shape index (κ1) is 15.9. The van der Waals surface area contributed by atoms with Crippen LogP contribution in [-0.4, -0.2) is 24.7 Å². The number of nitrogens with two attached hydrogens (primary N) is 1. The summed E-state index contributed by atoms with van der Waals surface area (Å²) in [5.41, 5.74) is 6.47. The van der Waals surface area contributed by atoms with Gasteiger partial charge in [0.1, 0.15) is 15.6 Å². The van der Waals surface area contributed by atoms with Crippen LogP contribution in [0.1, 0.15) is 50.2 Å². The average Bonchev–Trinajstić information content (AvgIpc) is 3.20. The number of carbonyl (C=O) groups is 1. The Bertz CT molecular complexity index is 509. The van der Waals surface area contributed by atoms with Crippen molar-refractivity contribution in [2.75, 3.05) is 17.7 Å². The van der Waals surface area contributed by atoms with Crippen molar-refractivity contribution < 1.29 is 14.3 Å². The summed E-state index contributed by atoms with van der Waals surface area (Å²) in [6.07, 6.45) is 2.49. The van der Waals surface area contributed by atoms with Gasteiger partial charge in [-0.2, -0.15) is 0 Å². The van der Waals surface area contributed by atoms with Crippen LogP contribution in [0.2, 0.25) is 0 Å². The smallest absolute Gasteiger partial charge is 0.350 e. The van der Waals surface area contributed by atoms with E-state index >= 15 is 0 Å². The zero-order valence-corrected chi connectivity index (χ0v) is 13.9. The maximum absolute atomic E-state index is 12.0. The quantitative estimate of drug-likeness (QED) is 0.754. The van der Waals surface area contributed by atoms with Gasteiger partial charge in [0.15, 0.2) is 5.75 Å². The molecule has 0 saturated heterocycles. The summed E-state index contributed by atoms with van der Waals surface area (Å²) in [7, 11) is 0. The molecule has 1 aliphatic rings. The Kier molecular flexibility index (Phi) is 4.98. The summed E-state index contributed by atoms with van der Waals surface area (Å²) in [6, 6.07) is 0.354. The number of ether oxygens (including phenoxy) is 2. The monoisotopic (exact) mass is 312 g/mol. The molecule has 1 unspecified atom stereocenters. The molecule has 1 fully saturated rings. The number of anilines is 2. The number of nitrogen functional groups attached to an aromatic ring is 1. The number of rotatable bonds is 7. The molecule has 1 saturated carbocycles. The maximum atomic E-state index is 12.0. The summed E-state index contributed by atoms with van der Waals surface area (Å²) in [6.45, 7) is 8.14. The third-order valence-corrected chi connectivity index (χ3v) is 4.50. The molecule has 0 aliphatic heterocycles. The van der Waals surface area contributed by atoms with Crippen molar-refractivity contribution in [2.24, 2.45) is 5.92 Å². The van der Waals surface area contributed by atoms with E-state index < -0.39 is 0 Å². The first-order valence-electron chi connectivity index (χ1n) is 7.46. The molecule has 3 N–H and O–H groups in total. The van der Waals surface area contributed by atoms with Crippen molar-refractivity contribution in [3.63, 3.8) is 0 Å². The van der Waals surface area contributed by atoms with Crippen LogP contribution in [0.25, 0.3) is 0 Å². The number of hydrogen-bond donors (Lipinski definition) is 2. The van der Waals surface area contributed by atoms with E-state index in [9.17, 15) is 4.79 Å². The van der Waals surface area contributed by atoms with Crippen LogP contribution in [0, 0.1) is 5.92 Å². The van der Waals surface area contributed by atoms with Gasteiger partial charge in [-0.1, -0.05) is 0 Å². The molecule has 2 rings (SSSR count). The Balaban J connectivity index is 2.26. The molecule has 118 valence electrons. The SMILES string of the molecule is CCOC(=O)c1sc(NC(C)C2CC2)c(OC(C)C)c1N. The van der Waals surface area contributed by atoms with E-state index in [1.165, 1.54) is 24.2 Å². The number of hydrogen-bond acceptors (Lipinski definition) is 6. The number of esters is 1. The second-order valence-electron chi connectivity index (χ2n) is 5.66. The van der Waals surface area contributed by atoms with Crippen molar-refractivity contribution in [2.45, 2.75) is 52.7 Å². The van der Waals surface area contributed by atoms with Crippen molar-refractivity contribution in [1.29, 1.82) is 0 Å². The van der Waals surface area contributed by atoms with E-state index in [1.54, 1.807) is 6.92 Å². The number of carbonyl (C=O) groups excluding carboxylic acids is 1. The molecule has 0 spiro atoms. The highest BCUT2D eigenvalue weighted by Crippen LogP contribution is 2.45. The zero-order chi connectivity index (χ0) is 15.6. The largest absolute Gasteiger partial charge is 0.486 e. The lowest BCUT2D eigenvalue weighted by atomic mass is 10.2. The normalized spacial score (nSPS) is 15.9. The first-order valence-corrected chi connectivity index (χ1v) is 8.28. The summed E-state index contributed by atoms with van der Waals surface area (Å²) < 4.78 is 10.9. The Morgan fingerprint density at radius 1 is 1.43 bits per heavy atom. The highest BCUT2D eigenvalue weighted by atomic mass is 32.1. The molecule has 1 aliphatic carbocycles. The zero-order valence-electron chi connectivity index (χ0n) is 13.1. The standard InChI is InChI=1S/C15H24N2O3S/c1-5-19-15(18)13-11(16)12(20-8(2)3)14(21-13)17-9(4)10-6-7-10/h8-10,17H,5-7,16H2,1-4H3. The Morgan fingerprint density at radius 2 is 2.10 bits per heavy atom. The average molecular weight is 312 g/mol. The van der Waals surface area contributed by atoms with Crippen LogP contribution >= 0.6 is 11.3 Å². The fourth-order valence-electron chi connectivity index (χ4n) is 2.15. The molecule has 1 atom stereocenters. The van der Waals surface area contributed by atoms with Crippen LogP contribution in [-0.2, 0) is 4.74 Å². The molecule has 0 bridgehead atoms. The minimum Gasteiger partial charge on any atom is -0.486 e. The highest BCUT2D eigenvalue weighted by Gasteiger charge is 2.31. The van der Waals surface area contributed by atoms with Crippen LogP contribution in [0.4, 0.5) is 10.7 Å². The van der Waals surface area contributed by atoms with Crippen molar-refractivity contribution in [1.82, 2.24) is 0 Å². The van der Waals surface area contributed by atoms with Crippen LogP contribution in [0.5, 0.6) is 5.75 Å². The summed E-state index contributed by atoms with van der Waals surface area (Å²) in [5.74, 6) is 0.887. The minimum atomic E-state index is -0.388. The predicted molar refractivity (Wildman–Crippen MR) is 86.3 cm³/mol. The van der Waals surface area contributed by atoms with Crippen LogP contribution < -0.4 is 15.8 Å². The van der Waals surface area contributed by atoms with E-state index in [4.69, 9.17) is 15.2 Å². The van der Waals surface area contributed by atoms with Crippen LogP contribution in [0.3, 0.4) is 0 Å². The van der Waals surface area contributed by atoms with E-state index in [0.29, 0.717) is 34.9 Å². The lowest BCUT2D eigenvalue weighted by molar-refractivity contribution is 0.0533. The molecule has 1 aromatic rings. The van der Waals surface area contributed by atoms with Gasteiger partial charge in [0.25, 0.3) is 0 Å². The molecule has 0 aromatic carbocycles. The van der Waals surface area contributed by atoms with Gasteiger partial charge in [0.05, 0.1) is 12.7 Å². The predicted octanol–water partition coefficient (Wildman–Crippen LogP) is 3.50. The van der Waals surface area contributed by atoms with E-state index in [-0.39, 0.29) is 12.1 Å². The molecular formula is C15H24N2O3S. The lowest BCUT2D eigenvalue weighted by Gasteiger charge is -2.16. The summed E-state index contributed by atoms with van der Waals surface area (Å²) in [5, 5.41) is 4.26. The van der Waals surface area contributed by atoms with Crippen molar-refractivity contribution in [3.05, 3.63) is 4.88 Å². The Hall–Kier alpha value is -1.43. The second kappa shape index (κ2) is 6.56. The van der Waals surface area contributed by atoms with E-state index in [2.05, 4.69) is 12.2 Å². The minimum absolute atomic E-state index is 0.00581. The topological polar surface area (TPSA) is 73.6 Å². The fraction of sp³-hybridized carbons (Fsp3) is 0.667. The van der Waals surface area contributed by atoms with Gasteiger partial charge in [-0.15, -0.1) is 11.3 Å². The highest BCUT2D eigenvalue weighted by molar-refractivity contribution is 7.19. The Morgan fingerprint density at radius 3 is 2.62 bits per heavy atom. The summed E-state index contributed by atoms with van der Waals surface area (Å²) in [4.78, 5) is 12.4. The van der Waals surface area contributed by atoms with Gasteiger partial charge >= 0.3 is 5.97 Å². The number of thiophene rings is 1. The summed E-state index contributed by atoms with van der Waals surface area (Å²) >= 11 is 1.31. The first-order chi connectivity index (χ1) is 9.93. The molecule has 0 amide bonds. The van der Waals surface area contributed by atoms with Gasteiger partial charge in [0.2, 0.25) is 0 Å². The third-order valence-electron chi connectivity index (χ3n) is 3.40. The van der Waals surface area contributed by atoms with Crippen LogP contribution in [0.15, 0.2) is 0 Å². The van der Waals surface area contributed by atoms with Crippen molar-refractivity contribution >= 4 is 28.0 Å². The molecule has 0 radical (unpaired) electrons. The molecule has 6 heteroatoms. The number of nitrogens with one attached hydrogen (secondary N) is 1. The molecule has 21 heavy (non-hydrogen) atoms. The Labute approximate surface area is 129 Å². The molecule has 5 nitrogen and oxygen atoms in total. The van der Waals surface area contributed by atoms with E-state index in [0.717, 1.165) is 5.00 Å². The van der Waals surface area contributed by atoms with Gasteiger partial charge < -0.3 is 20.5 Å². The molecular weight excluding hydrogens is 288 g/mol. The fourth-order valence-corrected chi connectivity index (χ4v) is 3.19. The van der Waals surface area contributed by atoms with E-state index in [1.807, 2.05) is 13.8 Å². The maximum Gasteiger partial charge on any atom is 0.350 e. The second-order valence-corrected chi connectivity index (χ2v) is 6.68.